The van der Waals surface area contributed by atoms with E-state index in [0.29, 0.717) is 17.8 Å². The lowest BCUT2D eigenvalue weighted by atomic mass is 10.1. The molecule has 5 rings (SSSR count). The van der Waals surface area contributed by atoms with Crippen molar-refractivity contribution >= 4 is 16.7 Å². The van der Waals surface area contributed by atoms with Gasteiger partial charge in [0.15, 0.2) is 5.82 Å². The van der Waals surface area contributed by atoms with Gasteiger partial charge >= 0.3 is 0 Å². The highest BCUT2D eigenvalue weighted by Crippen LogP contribution is 2.32. The fraction of sp³-hybridized carbons (Fsp3) is 0.208. The van der Waals surface area contributed by atoms with E-state index in [1.54, 1.807) is 6.07 Å². The van der Waals surface area contributed by atoms with Crippen molar-refractivity contribution in [2.24, 2.45) is 0 Å². The van der Waals surface area contributed by atoms with Gasteiger partial charge in [-0.2, -0.15) is 0 Å². The first-order valence-corrected chi connectivity index (χ1v) is 9.85. The van der Waals surface area contributed by atoms with E-state index in [4.69, 9.17) is 4.74 Å². The molecule has 0 saturated heterocycles. The number of aryl methyl sites for hydroxylation is 1. The molecule has 4 nitrogen and oxygen atoms in total. The first kappa shape index (κ1) is 17.7. The number of fused-ring (bicyclic) bond motifs is 2. The van der Waals surface area contributed by atoms with Crippen LogP contribution >= 0.6 is 0 Å². The molecule has 5 heteroatoms. The lowest BCUT2D eigenvalue weighted by Crippen LogP contribution is -2.07. The third-order valence-corrected chi connectivity index (χ3v) is 5.41. The molecule has 0 aliphatic carbocycles. The molecular weight excluding hydrogens is 365 g/mol. The largest absolute Gasteiger partial charge is 0.490 e. The number of para-hydroxylation sites is 2. The predicted molar refractivity (Wildman–Crippen MR) is 113 cm³/mol. The van der Waals surface area contributed by atoms with Crippen LogP contribution in [-0.2, 0) is 13.0 Å². The molecule has 0 spiro atoms. The summed E-state index contributed by atoms with van der Waals surface area (Å²) in [6.45, 7) is 4.35. The van der Waals surface area contributed by atoms with Gasteiger partial charge in [0.05, 0.1) is 16.7 Å². The molecule has 0 radical (unpaired) electrons. The highest BCUT2D eigenvalue weighted by atomic mass is 19.1. The van der Waals surface area contributed by atoms with E-state index >= 15 is 4.39 Å². The Bertz CT molecular complexity index is 1210. The lowest BCUT2D eigenvalue weighted by Gasteiger charge is -2.13. The zero-order valence-electron chi connectivity index (χ0n) is 16.4. The lowest BCUT2D eigenvalue weighted by molar-refractivity contribution is 0.255. The standard InChI is InChI=1S/C24H22FN3O/c1-15-12-17-10-11-19(13-23(17)29-15)26-14-18-6-5-9-22(24(18)25)28-16(2)27-20-7-3-4-8-21(20)28/h3-11,13,15,26H,12,14H2,1-2H3. The molecule has 29 heavy (non-hydrogen) atoms. The van der Waals surface area contributed by atoms with Gasteiger partial charge in [-0.1, -0.05) is 30.3 Å². The highest BCUT2D eigenvalue weighted by molar-refractivity contribution is 5.78. The Morgan fingerprint density at radius 3 is 2.90 bits per heavy atom. The Morgan fingerprint density at radius 2 is 2.00 bits per heavy atom. The molecule has 1 unspecified atom stereocenters. The van der Waals surface area contributed by atoms with E-state index in [9.17, 15) is 0 Å². The summed E-state index contributed by atoms with van der Waals surface area (Å²) >= 11 is 0. The second-order valence-corrected chi connectivity index (χ2v) is 7.54. The Morgan fingerprint density at radius 1 is 1.14 bits per heavy atom. The number of aromatic nitrogens is 2. The van der Waals surface area contributed by atoms with Crippen molar-refractivity contribution in [3.63, 3.8) is 0 Å². The maximum absolute atomic E-state index is 15.4. The fourth-order valence-electron chi connectivity index (χ4n) is 4.03. The number of nitrogens with zero attached hydrogens (tertiary/aromatic N) is 2. The smallest absolute Gasteiger partial charge is 0.152 e. The van der Waals surface area contributed by atoms with Gasteiger partial charge in [0.1, 0.15) is 17.7 Å². The molecule has 2 heterocycles. The van der Waals surface area contributed by atoms with Crippen LogP contribution in [0.5, 0.6) is 5.75 Å². The van der Waals surface area contributed by atoms with Crippen LogP contribution in [0.25, 0.3) is 16.7 Å². The van der Waals surface area contributed by atoms with Gasteiger partial charge in [-0.25, -0.2) is 9.37 Å². The fourth-order valence-corrected chi connectivity index (χ4v) is 4.03. The molecule has 3 aromatic carbocycles. The van der Waals surface area contributed by atoms with Gasteiger partial charge in [-0.3, -0.25) is 4.57 Å². The number of anilines is 1. The van der Waals surface area contributed by atoms with Crippen LogP contribution in [-0.4, -0.2) is 15.7 Å². The Kier molecular flexibility index (Phi) is 4.23. The van der Waals surface area contributed by atoms with Crippen LogP contribution in [0.4, 0.5) is 10.1 Å². The van der Waals surface area contributed by atoms with Crippen molar-refractivity contribution in [2.45, 2.75) is 32.9 Å². The maximum Gasteiger partial charge on any atom is 0.152 e. The van der Waals surface area contributed by atoms with Crippen LogP contribution < -0.4 is 10.1 Å². The normalized spacial score (nSPS) is 15.3. The summed E-state index contributed by atoms with van der Waals surface area (Å²) in [5.41, 5.74) is 5.03. The second-order valence-electron chi connectivity index (χ2n) is 7.54. The van der Waals surface area contributed by atoms with Gasteiger partial charge < -0.3 is 10.1 Å². The molecular formula is C24H22FN3O. The predicted octanol–water partition coefficient (Wildman–Crippen LogP) is 5.41. The Hall–Kier alpha value is -3.34. The summed E-state index contributed by atoms with van der Waals surface area (Å²) in [7, 11) is 0. The molecule has 0 saturated carbocycles. The minimum atomic E-state index is -0.239. The average Bonchev–Trinajstić information content (AvgIpc) is 3.25. The topological polar surface area (TPSA) is 39.1 Å². The summed E-state index contributed by atoms with van der Waals surface area (Å²) in [6, 6.07) is 19.4. The minimum Gasteiger partial charge on any atom is -0.490 e. The molecule has 1 aliphatic heterocycles. The average molecular weight is 387 g/mol. The van der Waals surface area contributed by atoms with E-state index in [1.165, 1.54) is 5.56 Å². The highest BCUT2D eigenvalue weighted by Gasteiger charge is 2.19. The van der Waals surface area contributed by atoms with Crippen LogP contribution in [0.3, 0.4) is 0 Å². The molecule has 1 atom stereocenters. The van der Waals surface area contributed by atoms with E-state index in [0.717, 1.165) is 34.7 Å². The van der Waals surface area contributed by atoms with E-state index in [1.807, 2.05) is 60.0 Å². The quantitative estimate of drug-likeness (QED) is 0.509. The third-order valence-electron chi connectivity index (χ3n) is 5.41. The first-order valence-electron chi connectivity index (χ1n) is 9.85. The van der Waals surface area contributed by atoms with Crippen LogP contribution in [0.2, 0.25) is 0 Å². The zero-order valence-corrected chi connectivity index (χ0v) is 16.4. The molecule has 0 fully saturated rings. The first-order chi connectivity index (χ1) is 14.1. The van der Waals surface area contributed by atoms with Gasteiger partial charge in [-0.05, 0) is 43.7 Å². The number of rotatable bonds is 4. The number of imidazole rings is 1. The van der Waals surface area contributed by atoms with Crippen LogP contribution in [0.1, 0.15) is 23.9 Å². The SMILES string of the molecule is Cc1nc2ccccc2n1-c1cccc(CNc2ccc3c(c2)OC(C)C3)c1F. The maximum atomic E-state index is 15.4. The summed E-state index contributed by atoms with van der Waals surface area (Å²) in [4.78, 5) is 4.56. The monoisotopic (exact) mass is 387 g/mol. The number of hydrogen-bond acceptors (Lipinski definition) is 3. The van der Waals surface area contributed by atoms with Gasteiger partial charge in [-0.15, -0.1) is 0 Å². The molecule has 1 N–H and O–H groups in total. The molecule has 4 aromatic rings. The zero-order chi connectivity index (χ0) is 20.0. The number of ether oxygens (including phenoxy) is 1. The summed E-state index contributed by atoms with van der Waals surface area (Å²) < 4.78 is 23.1. The number of halogens is 1. The number of nitrogens with one attached hydrogen (secondary N) is 1. The molecule has 1 aliphatic rings. The van der Waals surface area contributed by atoms with E-state index in [2.05, 4.69) is 23.3 Å². The Labute approximate surface area is 169 Å². The van der Waals surface area contributed by atoms with Gasteiger partial charge in [0, 0.05) is 30.3 Å². The number of benzene rings is 3. The summed E-state index contributed by atoms with van der Waals surface area (Å²) in [5.74, 6) is 1.44. The van der Waals surface area contributed by atoms with E-state index in [-0.39, 0.29) is 11.9 Å². The van der Waals surface area contributed by atoms with Gasteiger partial charge in [0.25, 0.3) is 0 Å². The third kappa shape index (κ3) is 3.12. The molecule has 0 amide bonds. The second kappa shape index (κ2) is 6.92. The summed E-state index contributed by atoms with van der Waals surface area (Å²) in [6.07, 6.45) is 1.15. The van der Waals surface area contributed by atoms with Crippen molar-refractivity contribution < 1.29 is 9.13 Å². The van der Waals surface area contributed by atoms with Crippen molar-refractivity contribution in [1.29, 1.82) is 0 Å². The number of hydrogen-bond donors (Lipinski definition) is 1. The van der Waals surface area contributed by atoms with Crippen molar-refractivity contribution in [3.8, 4) is 11.4 Å². The molecule has 146 valence electrons. The van der Waals surface area contributed by atoms with Gasteiger partial charge in [0.2, 0.25) is 0 Å². The minimum absolute atomic E-state index is 0.211. The van der Waals surface area contributed by atoms with Crippen LogP contribution in [0.15, 0.2) is 60.7 Å². The van der Waals surface area contributed by atoms with Crippen molar-refractivity contribution in [2.75, 3.05) is 5.32 Å². The van der Waals surface area contributed by atoms with Crippen LogP contribution in [0, 0.1) is 12.7 Å². The van der Waals surface area contributed by atoms with E-state index < -0.39 is 0 Å². The van der Waals surface area contributed by atoms with Crippen molar-refractivity contribution in [1.82, 2.24) is 9.55 Å². The van der Waals surface area contributed by atoms with Crippen molar-refractivity contribution in [3.05, 3.63) is 83.4 Å². The summed E-state index contributed by atoms with van der Waals surface area (Å²) in [5, 5.41) is 3.33. The Balaban J connectivity index is 1.44. The molecule has 1 aromatic heterocycles. The molecule has 0 bridgehead atoms.